The molecular formula is C27H27N5O2S. The first-order valence-corrected chi connectivity index (χ1v) is 12.9. The maximum absolute atomic E-state index is 13.6. The maximum atomic E-state index is 13.6. The first-order valence-electron chi connectivity index (χ1n) is 11.4. The molecule has 2 aromatic heterocycles. The lowest BCUT2D eigenvalue weighted by molar-refractivity contribution is 0.585. The Bertz CT molecular complexity index is 1680. The third-order valence-electron chi connectivity index (χ3n) is 6.28. The summed E-state index contributed by atoms with van der Waals surface area (Å²) in [6, 6.07) is 20.6. The third-order valence-corrected chi connectivity index (χ3v) is 7.94. The van der Waals surface area contributed by atoms with Crippen LogP contribution in [0.1, 0.15) is 37.5 Å². The van der Waals surface area contributed by atoms with E-state index in [-0.39, 0.29) is 21.0 Å². The van der Waals surface area contributed by atoms with Crippen LogP contribution >= 0.6 is 0 Å². The van der Waals surface area contributed by atoms with Crippen molar-refractivity contribution in [2.75, 3.05) is 5.32 Å². The Balaban J connectivity index is 1.67. The predicted molar refractivity (Wildman–Crippen MR) is 138 cm³/mol. The predicted octanol–water partition coefficient (Wildman–Crippen LogP) is 5.77. The maximum Gasteiger partial charge on any atom is 0.229 e. The highest BCUT2D eigenvalue weighted by Crippen LogP contribution is 2.31. The van der Waals surface area contributed by atoms with Gasteiger partial charge in [0.05, 0.1) is 10.4 Å². The van der Waals surface area contributed by atoms with Crippen LogP contribution in [0.3, 0.4) is 0 Å². The molecule has 0 atom stereocenters. The van der Waals surface area contributed by atoms with Gasteiger partial charge in [0.15, 0.2) is 5.65 Å². The Labute approximate surface area is 204 Å². The van der Waals surface area contributed by atoms with Crippen molar-refractivity contribution in [2.24, 2.45) is 0 Å². The van der Waals surface area contributed by atoms with Crippen LogP contribution in [0.15, 0.2) is 76.7 Å². The van der Waals surface area contributed by atoms with Gasteiger partial charge in [0, 0.05) is 11.1 Å². The largest absolute Gasteiger partial charge is 0.340 e. The van der Waals surface area contributed by atoms with E-state index in [1.807, 2.05) is 61.5 Å². The lowest BCUT2D eigenvalue weighted by Gasteiger charge is -2.19. The number of rotatable bonds is 4. The topological polar surface area (TPSA) is 89.2 Å². The first kappa shape index (κ1) is 23.0. The molecule has 3 aromatic carbocycles. The minimum absolute atomic E-state index is 0.0830. The van der Waals surface area contributed by atoms with Gasteiger partial charge in [-0.05, 0) is 72.4 Å². The van der Waals surface area contributed by atoms with Crippen LogP contribution in [-0.4, -0.2) is 28.2 Å². The van der Waals surface area contributed by atoms with Gasteiger partial charge in [-0.25, -0.2) is 13.4 Å². The molecule has 7 nitrogen and oxygen atoms in total. The van der Waals surface area contributed by atoms with Crippen LogP contribution in [-0.2, 0) is 15.3 Å². The monoisotopic (exact) mass is 485 g/mol. The summed E-state index contributed by atoms with van der Waals surface area (Å²) in [5.41, 5.74) is 5.05. The second-order valence-corrected chi connectivity index (χ2v) is 11.7. The number of aromatic nitrogens is 4. The number of hydrogen-bond acceptors (Lipinski definition) is 6. The normalized spacial score (nSPS) is 12.4. The van der Waals surface area contributed by atoms with Crippen molar-refractivity contribution in [2.45, 2.75) is 50.0 Å². The summed E-state index contributed by atoms with van der Waals surface area (Å²) in [7, 11) is -3.94. The van der Waals surface area contributed by atoms with E-state index in [1.54, 1.807) is 12.1 Å². The van der Waals surface area contributed by atoms with Crippen molar-refractivity contribution in [1.82, 2.24) is 19.8 Å². The second kappa shape index (κ2) is 8.16. The van der Waals surface area contributed by atoms with Crippen LogP contribution in [0.25, 0.3) is 16.6 Å². The molecule has 5 aromatic rings. The summed E-state index contributed by atoms with van der Waals surface area (Å²) < 4.78 is 28.6. The summed E-state index contributed by atoms with van der Waals surface area (Å²) in [6.45, 7) is 10.4. The average molecular weight is 486 g/mol. The molecule has 0 bridgehead atoms. The molecule has 0 fully saturated rings. The molecule has 0 unspecified atom stereocenters. The van der Waals surface area contributed by atoms with Crippen LogP contribution in [0.5, 0.6) is 0 Å². The highest BCUT2D eigenvalue weighted by molar-refractivity contribution is 7.91. The van der Waals surface area contributed by atoms with Crippen LogP contribution < -0.4 is 5.32 Å². The molecule has 2 heterocycles. The number of para-hydroxylation sites is 1. The van der Waals surface area contributed by atoms with E-state index in [0.717, 1.165) is 22.2 Å². The van der Waals surface area contributed by atoms with E-state index in [0.29, 0.717) is 11.3 Å². The van der Waals surface area contributed by atoms with E-state index in [4.69, 9.17) is 4.98 Å². The van der Waals surface area contributed by atoms with Crippen molar-refractivity contribution in [3.8, 4) is 0 Å². The van der Waals surface area contributed by atoms with Gasteiger partial charge in [0.25, 0.3) is 0 Å². The second-order valence-electron chi connectivity index (χ2n) is 9.81. The molecule has 1 N–H and O–H groups in total. The van der Waals surface area contributed by atoms with Crippen molar-refractivity contribution in [3.05, 3.63) is 83.4 Å². The molecule has 8 heteroatoms. The van der Waals surface area contributed by atoms with Gasteiger partial charge in [-0.2, -0.15) is 4.52 Å². The molecule has 0 aliphatic rings. The Morgan fingerprint density at radius 2 is 1.60 bits per heavy atom. The minimum Gasteiger partial charge on any atom is -0.340 e. The van der Waals surface area contributed by atoms with Gasteiger partial charge in [-0.1, -0.05) is 56.3 Å². The molecule has 0 spiro atoms. The average Bonchev–Trinajstić information content (AvgIpc) is 3.26. The standard InChI is InChI=1S/C27H27N5O2S/c1-17-10-13-20(16-18(17)2)28-24-22-8-6-7-9-23(22)32-25(29-24)26(30-31-32)35(33,34)21-14-11-19(12-15-21)27(3,4)5/h6-16H,1-5H3,(H,28,29). The summed E-state index contributed by atoms with van der Waals surface area (Å²) in [5, 5.41) is 12.2. The first-order chi connectivity index (χ1) is 16.6. The van der Waals surface area contributed by atoms with Crippen molar-refractivity contribution < 1.29 is 8.42 Å². The summed E-state index contributed by atoms with van der Waals surface area (Å²) in [6.07, 6.45) is 0. The molecule has 35 heavy (non-hydrogen) atoms. The number of aryl methyl sites for hydroxylation is 2. The summed E-state index contributed by atoms with van der Waals surface area (Å²) in [4.78, 5) is 4.87. The van der Waals surface area contributed by atoms with Gasteiger partial charge in [-0.3, -0.25) is 0 Å². The quantitative estimate of drug-likeness (QED) is 0.348. The molecule has 0 aliphatic carbocycles. The molecule has 178 valence electrons. The van der Waals surface area contributed by atoms with E-state index >= 15 is 0 Å². The highest BCUT2D eigenvalue weighted by atomic mass is 32.2. The fraction of sp³-hybridized carbons (Fsp3) is 0.222. The molecule has 0 amide bonds. The van der Waals surface area contributed by atoms with Crippen molar-refractivity contribution in [3.63, 3.8) is 0 Å². The highest BCUT2D eigenvalue weighted by Gasteiger charge is 2.27. The van der Waals surface area contributed by atoms with Gasteiger partial charge in [-0.15, -0.1) is 5.10 Å². The van der Waals surface area contributed by atoms with Gasteiger partial charge >= 0.3 is 0 Å². The lowest BCUT2D eigenvalue weighted by Crippen LogP contribution is -2.11. The molecular weight excluding hydrogens is 458 g/mol. The van der Waals surface area contributed by atoms with E-state index in [1.165, 1.54) is 10.1 Å². The number of nitrogens with zero attached hydrogens (tertiary/aromatic N) is 4. The number of nitrogens with one attached hydrogen (secondary N) is 1. The number of fused-ring (bicyclic) bond motifs is 3. The fourth-order valence-corrected chi connectivity index (χ4v) is 5.25. The third kappa shape index (κ3) is 4.04. The zero-order valence-corrected chi connectivity index (χ0v) is 21.2. The Kier molecular flexibility index (Phi) is 5.36. The zero-order chi connectivity index (χ0) is 25.0. The molecule has 0 aliphatic heterocycles. The smallest absolute Gasteiger partial charge is 0.229 e. The molecule has 0 saturated carbocycles. The van der Waals surface area contributed by atoms with Crippen LogP contribution in [0.2, 0.25) is 0 Å². The summed E-state index contributed by atoms with van der Waals surface area (Å²) in [5.74, 6) is 0.540. The van der Waals surface area contributed by atoms with Crippen molar-refractivity contribution in [1.29, 1.82) is 0 Å². The Morgan fingerprint density at radius 1 is 0.886 bits per heavy atom. The van der Waals surface area contributed by atoms with Gasteiger partial charge in [0.2, 0.25) is 14.9 Å². The van der Waals surface area contributed by atoms with Gasteiger partial charge < -0.3 is 5.32 Å². The number of anilines is 2. The Morgan fingerprint density at radius 3 is 2.29 bits per heavy atom. The molecule has 5 rings (SSSR count). The van der Waals surface area contributed by atoms with Crippen LogP contribution in [0, 0.1) is 13.8 Å². The Hall–Kier alpha value is -3.78. The van der Waals surface area contributed by atoms with E-state index in [9.17, 15) is 8.42 Å². The number of benzene rings is 3. The fourth-order valence-electron chi connectivity index (χ4n) is 4.02. The summed E-state index contributed by atoms with van der Waals surface area (Å²) >= 11 is 0. The minimum atomic E-state index is -3.94. The SMILES string of the molecule is Cc1ccc(Nc2nc3c(S(=O)(=O)c4ccc(C(C)(C)C)cc4)nnn3c3ccccc23)cc1C. The molecule has 0 saturated heterocycles. The lowest BCUT2D eigenvalue weighted by atomic mass is 9.87. The van der Waals surface area contributed by atoms with Crippen LogP contribution in [0.4, 0.5) is 11.5 Å². The van der Waals surface area contributed by atoms with Crippen molar-refractivity contribution >= 4 is 37.9 Å². The van der Waals surface area contributed by atoms with Gasteiger partial charge in [0.1, 0.15) is 5.82 Å². The number of hydrogen-bond donors (Lipinski definition) is 1. The number of sulfone groups is 1. The van der Waals surface area contributed by atoms with E-state index in [2.05, 4.69) is 43.3 Å². The zero-order valence-electron chi connectivity index (χ0n) is 20.4. The molecule has 0 radical (unpaired) electrons. The van der Waals surface area contributed by atoms with E-state index < -0.39 is 9.84 Å².